The van der Waals surface area contributed by atoms with Crippen molar-refractivity contribution in [1.29, 1.82) is 0 Å². The summed E-state index contributed by atoms with van der Waals surface area (Å²) in [6, 6.07) is 15.1. The zero-order valence-electron chi connectivity index (χ0n) is 18.6. The van der Waals surface area contributed by atoms with E-state index in [0.717, 1.165) is 11.1 Å². The zero-order chi connectivity index (χ0) is 23.1. The Morgan fingerprint density at radius 3 is 2.59 bits per heavy atom. The molecule has 32 heavy (non-hydrogen) atoms. The van der Waals surface area contributed by atoms with Crippen LogP contribution in [-0.2, 0) is 11.2 Å². The van der Waals surface area contributed by atoms with Crippen LogP contribution in [0.5, 0.6) is 11.5 Å². The van der Waals surface area contributed by atoms with Gasteiger partial charge in [-0.1, -0.05) is 30.3 Å². The molecule has 0 aromatic heterocycles. The highest BCUT2D eigenvalue weighted by Crippen LogP contribution is 2.38. The number of fused-ring (bicyclic) bond motifs is 1. The summed E-state index contributed by atoms with van der Waals surface area (Å²) in [4.78, 5) is 23.1. The van der Waals surface area contributed by atoms with Gasteiger partial charge in [-0.05, 0) is 51.0 Å². The topological polar surface area (TPSA) is 106 Å². The molecular weight excluding hydrogens is 412 g/mol. The van der Waals surface area contributed by atoms with Crippen LogP contribution in [0.3, 0.4) is 0 Å². The van der Waals surface area contributed by atoms with Gasteiger partial charge in [0.05, 0.1) is 12.6 Å². The molecule has 2 aromatic carbocycles. The Morgan fingerprint density at radius 1 is 1.16 bits per heavy atom. The monoisotopic (exact) mass is 442 g/mol. The zero-order valence-corrected chi connectivity index (χ0v) is 18.6. The summed E-state index contributed by atoms with van der Waals surface area (Å²) in [5.74, 6) is 1.22. The predicted octanol–water partition coefficient (Wildman–Crippen LogP) is 3.95. The Labute approximate surface area is 187 Å². The SMILES string of the molecule is CC(C)(C)OC(=O)NCCOc1ccc2c(c1)C(Cc1ccccc1)C(NC(=O)O)CO2. The van der Waals surface area contributed by atoms with E-state index in [2.05, 4.69) is 10.6 Å². The van der Waals surface area contributed by atoms with Crippen molar-refractivity contribution in [2.75, 3.05) is 19.8 Å². The van der Waals surface area contributed by atoms with Crippen molar-refractivity contribution in [2.45, 2.75) is 44.8 Å². The number of hydrogen-bond donors (Lipinski definition) is 3. The molecule has 0 saturated heterocycles. The highest BCUT2D eigenvalue weighted by molar-refractivity contribution is 5.67. The van der Waals surface area contributed by atoms with Gasteiger partial charge in [0.25, 0.3) is 0 Å². The highest BCUT2D eigenvalue weighted by atomic mass is 16.6. The molecule has 3 N–H and O–H groups in total. The van der Waals surface area contributed by atoms with Crippen molar-refractivity contribution in [2.24, 2.45) is 0 Å². The average Bonchev–Trinajstić information content (AvgIpc) is 2.72. The molecule has 3 rings (SSSR count). The third-order valence-corrected chi connectivity index (χ3v) is 4.93. The number of carbonyl (C=O) groups excluding carboxylic acids is 1. The van der Waals surface area contributed by atoms with Gasteiger partial charge in [-0.25, -0.2) is 9.59 Å². The number of carboxylic acid groups (broad SMARTS) is 1. The molecular formula is C24H30N2O6. The van der Waals surface area contributed by atoms with Crippen LogP contribution in [0.4, 0.5) is 9.59 Å². The lowest BCUT2D eigenvalue weighted by atomic mass is 9.84. The molecule has 2 atom stereocenters. The third-order valence-electron chi connectivity index (χ3n) is 4.93. The van der Waals surface area contributed by atoms with Gasteiger partial charge in [0.1, 0.15) is 30.3 Å². The van der Waals surface area contributed by atoms with E-state index in [0.29, 0.717) is 24.5 Å². The molecule has 2 unspecified atom stereocenters. The van der Waals surface area contributed by atoms with Gasteiger partial charge in [-0.2, -0.15) is 0 Å². The minimum Gasteiger partial charge on any atom is -0.492 e. The first kappa shape index (κ1) is 23.2. The second kappa shape index (κ2) is 10.3. The van der Waals surface area contributed by atoms with Crippen molar-refractivity contribution in [3.05, 3.63) is 59.7 Å². The summed E-state index contributed by atoms with van der Waals surface area (Å²) in [5.41, 5.74) is 1.43. The van der Waals surface area contributed by atoms with Gasteiger partial charge in [0.15, 0.2) is 0 Å². The molecule has 2 amide bonds. The molecule has 2 aromatic rings. The first-order valence-corrected chi connectivity index (χ1v) is 10.6. The van der Waals surface area contributed by atoms with E-state index in [9.17, 15) is 14.7 Å². The maximum atomic E-state index is 11.7. The Balaban J connectivity index is 1.68. The maximum absolute atomic E-state index is 11.7. The van der Waals surface area contributed by atoms with Crippen LogP contribution >= 0.6 is 0 Å². The van der Waals surface area contributed by atoms with Crippen LogP contribution in [0.25, 0.3) is 0 Å². The van der Waals surface area contributed by atoms with Crippen LogP contribution < -0.4 is 20.1 Å². The predicted molar refractivity (Wildman–Crippen MR) is 120 cm³/mol. The molecule has 1 aliphatic heterocycles. The van der Waals surface area contributed by atoms with Gasteiger partial charge in [-0.15, -0.1) is 0 Å². The highest BCUT2D eigenvalue weighted by Gasteiger charge is 2.32. The number of ether oxygens (including phenoxy) is 3. The second-order valence-electron chi connectivity index (χ2n) is 8.64. The maximum Gasteiger partial charge on any atom is 0.407 e. The number of rotatable bonds is 7. The van der Waals surface area contributed by atoms with E-state index in [4.69, 9.17) is 14.2 Å². The molecule has 0 aliphatic carbocycles. The largest absolute Gasteiger partial charge is 0.492 e. The summed E-state index contributed by atoms with van der Waals surface area (Å²) >= 11 is 0. The van der Waals surface area contributed by atoms with Crippen LogP contribution in [0.2, 0.25) is 0 Å². The second-order valence-corrected chi connectivity index (χ2v) is 8.64. The van der Waals surface area contributed by atoms with Crippen LogP contribution in [0.15, 0.2) is 48.5 Å². The molecule has 1 aliphatic rings. The number of amides is 2. The van der Waals surface area contributed by atoms with Crippen LogP contribution in [0, 0.1) is 0 Å². The normalized spacial score (nSPS) is 17.5. The van der Waals surface area contributed by atoms with Gasteiger partial charge in [-0.3, -0.25) is 0 Å². The molecule has 8 nitrogen and oxygen atoms in total. The fourth-order valence-electron chi connectivity index (χ4n) is 3.61. The van der Waals surface area contributed by atoms with Crippen molar-refractivity contribution in [1.82, 2.24) is 10.6 Å². The fraction of sp³-hybridized carbons (Fsp3) is 0.417. The van der Waals surface area contributed by atoms with Gasteiger partial charge >= 0.3 is 12.2 Å². The standard InChI is InChI=1S/C24H30N2O6/c1-24(2,3)32-23(29)25-11-12-30-17-9-10-21-19(14-17)18(13-16-7-5-4-6-8-16)20(15-31-21)26-22(27)28/h4-10,14,18,20,26H,11-13,15H2,1-3H3,(H,25,29)(H,27,28). The lowest BCUT2D eigenvalue weighted by molar-refractivity contribution is 0.0520. The summed E-state index contributed by atoms with van der Waals surface area (Å²) in [7, 11) is 0. The number of alkyl carbamates (subject to hydrolysis) is 1. The molecule has 172 valence electrons. The smallest absolute Gasteiger partial charge is 0.407 e. The minimum atomic E-state index is -1.08. The van der Waals surface area contributed by atoms with Gasteiger partial charge < -0.3 is 30.0 Å². The lowest BCUT2D eigenvalue weighted by Crippen LogP contribution is -2.45. The van der Waals surface area contributed by atoms with E-state index in [1.807, 2.05) is 42.5 Å². The molecule has 0 saturated carbocycles. The quantitative estimate of drug-likeness (QED) is 0.561. The summed E-state index contributed by atoms with van der Waals surface area (Å²) in [6.07, 6.45) is -0.919. The Bertz CT molecular complexity index is 926. The molecule has 1 heterocycles. The molecule has 0 spiro atoms. The number of hydrogen-bond acceptors (Lipinski definition) is 5. The number of nitrogens with one attached hydrogen (secondary N) is 2. The van der Waals surface area contributed by atoms with Crippen molar-refractivity contribution >= 4 is 12.2 Å². The van der Waals surface area contributed by atoms with Crippen molar-refractivity contribution < 1.29 is 28.9 Å². The molecule has 0 bridgehead atoms. The van der Waals surface area contributed by atoms with E-state index in [1.165, 1.54) is 0 Å². The van der Waals surface area contributed by atoms with Gasteiger partial charge in [0, 0.05) is 11.5 Å². The van der Waals surface area contributed by atoms with E-state index >= 15 is 0 Å². The van der Waals surface area contributed by atoms with Crippen LogP contribution in [-0.4, -0.2) is 48.7 Å². The lowest BCUT2D eigenvalue weighted by Gasteiger charge is -2.34. The van der Waals surface area contributed by atoms with E-state index in [-0.39, 0.29) is 25.2 Å². The molecule has 0 radical (unpaired) electrons. The average molecular weight is 443 g/mol. The Hall–Kier alpha value is -3.42. The summed E-state index contributed by atoms with van der Waals surface area (Å²) in [5, 5.41) is 14.5. The molecule has 0 fully saturated rings. The summed E-state index contributed by atoms with van der Waals surface area (Å²) in [6.45, 7) is 6.22. The molecule has 8 heteroatoms. The van der Waals surface area contributed by atoms with E-state index in [1.54, 1.807) is 26.8 Å². The first-order valence-electron chi connectivity index (χ1n) is 10.6. The summed E-state index contributed by atoms with van der Waals surface area (Å²) < 4.78 is 16.8. The minimum absolute atomic E-state index is 0.110. The van der Waals surface area contributed by atoms with Gasteiger partial charge in [0.2, 0.25) is 0 Å². The van der Waals surface area contributed by atoms with Crippen molar-refractivity contribution in [3.8, 4) is 11.5 Å². The van der Waals surface area contributed by atoms with E-state index < -0.39 is 17.8 Å². The Kier molecular flexibility index (Phi) is 7.45. The van der Waals surface area contributed by atoms with Crippen LogP contribution in [0.1, 0.15) is 37.8 Å². The third kappa shape index (κ3) is 6.80. The fourth-order valence-corrected chi connectivity index (χ4v) is 3.61. The Morgan fingerprint density at radius 2 is 1.91 bits per heavy atom. The number of benzene rings is 2. The van der Waals surface area contributed by atoms with Crippen molar-refractivity contribution in [3.63, 3.8) is 0 Å². The first-order chi connectivity index (χ1) is 15.2. The number of carbonyl (C=O) groups is 2.